The first kappa shape index (κ1) is 24.1. The number of aryl methyl sites for hydroxylation is 2. The number of nitrogens with one attached hydrogen (secondary N) is 1. The molecule has 0 aliphatic heterocycles. The van der Waals surface area contributed by atoms with Crippen molar-refractivity contribution in [2.45, 2.75) is 71.5 Å². The van der Waals surface area contributed by atoms with E-state index in [1.54, 1.807) is 17.9 Å². The molecular formula is C26H33ClN2O3. The van der Waals surface area contributed by atoms with Crippen molar-refractivity contribution in [3.05, 3.63) is 64.2 Å². The van der Waals surface area contributed by atoms with Gasteiger partial charge in [0.25, 0.3) is 5.91 Å². The number of rotatable bonds is 8. The summed E-state index contributed by atoms with van der Waals surface area (Å²) in [5.74, 6) is 0.306. The van der Waals surface area contributed by atoms with Crippen molar-refractivity contribution in [3.63, 3.8) is 0 Å². The standard InChI is InChI=1S/C26H33ClN2O3/c1-18-12-13-24(19(2)14-18)32-17-25(30)29(16-21-8-7-9-22(27)15-21)20(3)26(31)28-23-10-5-4-6-11-23/h7-9,12-15,20,23H,4-6,10-11,16-17H2,1-3H3,(H,28,31)/t20-/m1/s1. The van der Waals surface area contributed by atoms with E-state index in [-0.39, 0.29) is 31.0 Å². The molecule has 1 fully saturated rings. The zero-order valence-electron chi connectivity index (χ0n) is 19.2. The largest absolute Gasteiger partial charge is 0.483 e. The zero-order valence-corrected chi connectivity index (χ0v) is 20.0. The van der Waals surface area contributed by atoms with E-state index >= 15 is 0 Å². The maximum absolute atomic E-state index is 13.2. The summed E-state index contributed by atoms with van der Waals surface area (Å²) in [6.07, 6.45) is 5.48. The quantitative estimate of drug-likeness (QED) is 0.593. The van der Waals surface area contributed by atoms with Crippen LogP contribution in [0, 0.1) is 13.8 Å². The van der Waals surface area contributed by atoms with Gasteiger partial charge in [0.05, 0.1) is 0 Å². The summed E-state index contributed by atoms with van der Waals surface area (Å²) in [7, 11) is 0. The Labute approximate surface area is 196 Å². The monoisotopic (exact) mass is 456 g/mol. The number of hydrogen-bond acceptors (Lipinski definition) is 3. The van der Waals surface area contributed by atoms with Gasteiger partial charge in [0, 0.05) is 17.6 Å². The first-order valence-electron chi connectivity index (χ1n) is 11.4. The molecule has 1 atom stereocenters. The van der Waals surface area contributed by atoms with E-state index in [4.69, 9.17) is 16.3 Å². The molecule has 172 valence electrons. The highest BCUT2D eigenvalue weighted by Crippen LogP contribution is 2.21. The van der Waals surface area contributed by atoms with Gasteiger partial charge in [0.1, 0.15) is 11.8 Å². The highest BCUT2D eigenvalue weighted by molar-refractivity contribution is 6.30. The van der Waals surface area contributed by atoms with Gasteiger partial charge in [-0.05, 0) is 62.9 Å². The molecule has 0 saturated heterocycles. The van der Waals surface area contributed by atoms with E-state index in [0.29, 0.717) is 10.8 Å². The van der Waals surface area contributed by atoms with Crippen LogP contribution in [0.15, 0.2) is 42.5 Å². The lowest BCUT2D eigenvalue weighted by Crippen LogP contribution is -2.51. The number of hydrogen-bond donors (Lipinski definition) is 1. The lowest BCUT2D eigenvalue weighted by Gasteiger charge is -2.31. The molecule has 1 aliphatic rings. The molecule has 0 radical (unpaired) electrons. The van der Waals surface area contributed by atoms with E-state index in [1.165, 1.54) is 6.42 Å². The fourth-order valence-corrected chi connectivity index (χ4v) is 4.38. The van der Waals surface area contributed by atoms with Crippen LogP contribution in [0.3, 0.4) is 0 Å². The number of benzene rings is 2. The lowest BCUT2D eigenvalue weighted by atomic mass is 9.95. The van der Waals surface area contributed by atoms with Crippen LogP contribution in [0.4, 0.5) is 0 Å². The van der Waals surface area contributed by atoms with Crippen LogP contribution in [0.5, 0.6) is 5.75 Å². The van der Waals surface area contributed by atoms with Gasteiger partial charge in [-0.1, -0.05) is 60.7 Å². The second-order valence-corrected chi connectivity index (χ2v) is 9.17. The topological polar surface area (TPSA) is 58.6 Å². The molecule has 2 aromatic carbocycles. The van der Waals surface area contributed by atoms with Gasteiger partial charge in [-0.3, -0.25) is 9.59 Å². The molecule has 0 heterocycles. The van der Waals surface area contributed by atoms with Crippen molar-refractivity contribution in [1.82, 2.24) is 10.2 Å². The fraction of sp³-hybridized carbons (Fsp3) is 0.462. The Balaban J connectivity index is 1.72. The van der Waals surface area contributed by atoms with E-state index < -0.39 is 6.04 Å². The Morgan fingerprint density at radius 1 is 1.12 bits per heavy atom. The van der Waals surface area contributed by atoms with Gasteiger partial charge in [0.15, 0.2) is 6.61 Å². The van der Waals surface area contributed by atoms with E-state index in [2.05, 4.69) is 5.32 Å². The van der Waals surface area contributed by atoms with E-state index in [9.17, 15) is 9.59 Å². The first-order valence-corrected chi connectivity index (χ1v) is 11.8. The first-order chi connectivity index (χ1) is 15.3. The Morgan fingerprint density at radius 3 is 2.56 bits per heavy atom. The van der Waals surface area contributed by atoms with Gasteiger partial charge >= 0.3 is 0 Å². The van der Waals surface area contributed by atoms with Crippen LogP contribution < -0.4 is 10.1 Å². The summed E-state index contributed by atoms with van der Waals surface area (Å²) in [6, 6.07) is 12.8. The van der Waals surface area contributed by atoms with Crippen molar-refractivity contribution in [1.29, 1.82) is 0 Å². The number of amides is 2. The summed E-state index contributed by atoms with van der Waals surface area (Å²) in [5, 5.41) is 3.74. The van der Waals surface area contributed by atoms with E-state index in [0.717, 1.165) is 42.4 Å². The second-order valence-electron chi connectivity index (χ2n) is 8.73. The average Bonchev–Trinajstić information content (AvgIpc) is 2.77. The highest BCUT2D eigenvalue weighted by atomic mass is 35.5. The molecule has 0 spiro atoms. The summed E-state index contributed by atoms with van der Waals surface area (Å²) in [5.41, 5.74) is 2.98. The predicted octanol–water partition coefficient (Wildman–Crippen LogP) is 5.20. The molecule has 2 aromatic rings. The second kappa shape index (κ2) is 11.4. The minimum Gasteiger partial charge on any atom is -0.483 e. The van der Waals surface area contributed by atoms with Gasteiger partial charge < -0.3 is 15.0 Å². The molecule has 0 aromatic heterocycles. The van der Waals surface area contributed by atoms with Crippen molar-refractivity contribution < 1.29 is 14.3 Å². The summed E-state index contributed by atoms with van der Waals surface area (Å²) < 4.78 is 5.83. The van der Waals surface area contributed by atoms with Crippen molar-refractivity contribution >= 4 is 23.4 Å². The molecule has 0 bridgehead atoms. The summed E-state index contributed by atoms with van der Waals surface area (Å²) in [4.78, 5) is 27.8. The summed E-state index contributed by atoms with van der Waals surface area (Å²) in [6.45, 7) is 5.90. The van der Waals surface area contributed by atoms with Crippen molar-refractivity contribution in [2.24, 2.45) is 0 Å². The fourth-order valence-electron chi connectivity index (χ4n) is 4.17. The number of carbonyl (C=O) groups is 2. The molecule has 0 unspecified atom stereocenters. The third kappa shape index (κ3) is 6.73. The smallest absolute Gasteiger partial charge is 0.261 e. The Bertz CT molecular complexity index is 940. The maximum atomic E-state index is 13.2. The molecule has 6 heteroatoms. The minimum atomic E-state index is -0.619. The van der Waals surface area contributed by atoms with Crippen molar-refractivity contribution in [3.8, 4) is 5.75 Å². The third-order valence-corrected chi connectivity index (χ3v) is 6.28. The Kier molecular flexibility index (Phi) is 8.57. The van der Waals surface area contributed by atoms with E-state index in [1.807, 2.05) is 50.2 Å². The predicted molar refractivity (Wildman–Crippen MR) is 128 cm³/mol. The minimum absolute atomic E-state index is 0.126. The number of nitrogens with zero attached hydrogens (tertiary/aromatic N) is 1. The molecule has 1 aliphatic carbocycles. The average molecular weight is 457 g/mol. The Hall–Kier alpha value is -2.53. The van der Waals surface area contributed by atoms with Gasteiger partial charge in [-0.15, -0.1) is 0 Å². The van der Waals surface area contributed by atoms with Crippen LogP contribution in [-0.2, 0) is 16.1 Å². The highest BCUT2D eigenvalue weighted by Gasteiger charge is 2.28. The van der Waals surface area contributed by atoms with Gasteiger partial charge in [-0.2, -0.15) is 0 Å². The SMILES string of the molecule is Cc1ccc(OCC(=O)N(Cc2cccc(Cl)c2)[C@H](C)C(=O)NC2CCCCC2)c(C)c1. The lowest BCUT2D eigenvalue weighted by molar-refractivity contribution is -0.142. The Morgan fingerprint density at radius 2 is 1.88 bits per heavy atom. The summed E-state index contributed by atoms with van der Waals surface area (Å²) >= 11 is 6.14. The number of ether oxygens (including phenoxy) is 1. The van der Waals surface area contributed by atoms with Gasteiger partial charge in [0.2, 0.25) is 5.91 Å². The zero-order chi connectivity index (χ0) is 23.1. The van der Waals surface area contributed by atoms with Crippen LogP contribution in [0.2, 0.25) is 5.02 Å². The molecule has 1 saturated carbocycles. The maximum Gasteiger partial charge on any atom is 0.261 e. The molecule has 3 rings (SSSR count). The molecule has 32 heavy (non-hydrogen) atoms. The van der Waals surface area contributed by atoms with Crippen molar-refractivity contribution in [2.75, 3.05) is 6.61 Å². The van der Waals surface area contributed by atoms with Crippen LogP contribution in [0.1, 0.15) is 55.7 Å². The molecule has 1 N–H and O–H groups in total. The molecular weight excluding hydrogens is 424 g/mol. The molecule has 5 nitrogen and oxygen atoms in total. The van der Waals surface area contributed by atoms with Crippen LogP contribution in [0.25, 0.3) is 0 Å². The van der Waals surface area contributed by atoms with Gasteiger partial charge in [-0.25, -0.2) is 0 Å². The molecule has 2 amide bonds. The van der Waals surface area contributed by atoms with Crippen LogP contribution in [-0.4, -0.2) is 35.4 Å². The van der Waals surface area contributed by atoms with Crippen LogP contribution >= 0.6 is 11.6 Å². The number of halogens is 1. The third-order valence-electron chi connectivity index (χ3n) is 6.04. The number of carbonyl (C=O) groups excluding carboxylic acids is 2. The normalized spacial score (nSPS) is 15.1.